The van der Waals surface area contributed by atoms with E-state index in [1.807, 2.05) is 6.08 Å². The first kappa shape index (κ1) is 43.8. The number of nitrogens with one attached hydrogen (secondary N) is 3. The maximum Gasteiger partial charge on any atom is 0.416 e. The van der Waals surface area contributed by atoms with Crippen LogP contribution >= 0.6 is 0 Å². The minimum atomic E-state index is -4.61. The number of furan rings is 1. The molecule has 3 fully saturated rings. The van der Waals surface area contributed by atoms with Crippen LogP contribution in [0, 0.1) is 11.7 Å². The maximum absolute atomic E-state index is 14.7. The lowest BCUT2D eigenvalue weighted by Crippen LogP contribution is -2.58. The number of hydrogen-bond donors (Lipinski definition) is 3. The van der Waals surface area contributed by atoms with Gasteiger partial charge in [0.05, 0.1) is 17.4 Å². The normalized spacial score (nSPS) is 24.8. The molecule has 0 bridgehead atoms. The topological polar surface area (TPSA) is 199 Å². The lowest BCUT2D eigenvalue weighted by molar-refractivity contribution is -0.141. The first-order valence-corrected chi connectivity index (χ1v) is 22.3. The highest BCUT2D eigenvalue weighted by molar-refractivity contribution is 7.91. The predicted octanol–water partition coefficient (Wildman–Crippen LogP) is 6.45. The van der Waals surface area contributed by atoms with Gasteiger partial charge in [-0.2, -0.15) is 18.2 Å². The summed E-state index contributed by atoms with van der Waals surface area (Å²) in [5.74, 6) is -3.81. The Labute approximate surface area is 359 Å². The van der Waals surface area contributed by atoms with Gasteiger partial charge in [-0.25, -0.2) is 22.6 Å². The Hall–Kier alpha value is -5.79. The van der Waals surface area contributed by atoms with Crippen molar-refractivity contribution in [1.82, 2.24) is 30.2 Å². The SMILES string of the molecule is CC(C)(C)OC(=O)N[C@H]1CCCCCC=C[C@@H]2C[C@@]2(C(=O)NS(=O)(=O)C2CC2)NC(=O)[C@@H]2C[C@@H](Oc3nc(-c4ccc(C(F)(F)F)cc4)nc4c3oc3ccc(F)cc34)CN2C1=O. The van der Waals surface area contributed by atoms with Gasteiger partial charge in [0.2, 0.25) is 27.4 Å². The number of hydrogen-bond acceptors (Lipinski definition) is 11. The molecule has 4 aliphatic rings. The molecule has 5 atom stereocenters. The first-order valence-electron chi connectivity index (χ1n) is 20.8. The van der Waals surface area contributed by atoms with Gasteiger partial charge < -0.3 is 29.4 Å². The van der Waals surface area contributed by atoms with Gasteiger partial charge in [0.25, 0.3) is 11.8 Å². The van der Waals surface area contributed by atoms with Gasteiger partial charge in [-0.05, 0) is 89.6 Å². The van der Waals surface area contributed by atoms with Crippen LogP contribution in [0.4, 0.5) is 22.4 Å². The number of alkyl halides is 3. The number of aromatic nitrogens is 2. The molecular formula is C43H46F4N6O9S. The van der Waals surface area contributed by atoms with E-state index < -0.39 is 91.9 Å². The van der Waals surface area contributed by atoms with Crippen molar-refractivity contribution in [1.29, 1.82) is 0 Å². The number of fused-ring (bicyclic) bond motifs is 5. The van der Waals surface area contributed by atoms with E-state index >= 15 is 0 Å². The van der Waals surface area contributed by atoms with Gasteiger partial charge in [-0.1, -0.05) is 37.1 Å². The van der Waals surface area contributed by atoms with Crippen molar-refractivity contribution in [3.8, 4) is 17.3 Å². The quantitative estimate of drug-likeness (QED) is 0.136. The lowest BCUT2D eigenvalue weighted by atomic mass is 10.0. The average molecular weight is 899 g/mol. The molecule has 1 saturated heterocycles. The van der Waals surface area contributed by atoms with Crippen LogP contribution < -0.4 is 20.1 Å². The highest BCUT2D eigenvalue weighted by Gasteiger charge is 2.62. The van der Waals surface area contributed by atoms with Gasteiger partial charge in [0.1, 0.15) is 46.2 Å². The summed E-state index contributed by atoms with van der Waals surface area (Å²) >= 11 is 0. The molecule has 63 heavy (non-hydrogen) atoms. The Morgan fingerprint density at radius 3 is 2.44 bits per heavy atom. The van der Waals surface area contributed by atoms with Gasteiger partial charge in [0.15, 0.2) is 5.82 Å². The molecule has 4 heterocycles. The van der Waals surface area contributed by atoms with Gasteiger partial charge in [-0.15, -0.1) is 0 Å². The number of halogens is 4. The third-order valence-electron chi connectivity index (χ3n) is 11.5. The molecule has 2 aromatic carbocycles. The summed E-state index contributed by atoms with van der Waals surface area (Å²) in [6, 6.07) is 5.27. The van der Waals surface area contributed by atoms with Crippen molar-refractivity contribution >= 4 is 55.9 Å². The van der Waals surface area contributed by atoms with E-state index in [1.54, 1.807) is 26.8 Å². The van der Waals surface area contributed by atoms with Gasteiger partial charge >= 0.3 is 12.3 Å². The molecular weight excluding hydrogens is 853 g/mol. The smallest absolute Gasteiger partial charge is 0.416 e. The van der Waals surface area contributed by atoms with Crippen molar-refractivity contribution in [3.05, 3.63) is 66.0 Å². The summed E-state index contributed by atoms with van der Waals surface area (Å²) in [6.07, 6.45) is 0.538. The van der Waals surface area contributed by atoms with Crippen LogP contribution in [0.5, 0.6) is 5.88 Å². The number of rotatable bonds is 7. The van der Waals surface area contributed by atoms with E-state index in [2.05, 4.69) is 25.3 Å². The molecule has 2 aromatic heterocycles. The number of amides is 4. The Bertz CT molecular complexity index is 2610. The third-order valence-corrected chi connectivity index (χ3v) is 13.3. The van der Waals surface area contributed by atoms with Crippen LogP contribution in [-0.2, 0) is 35.3 Å². The number of nitrogens with zero attached hydrogens (tertiary/aromatic N) is 3. The second-order valence-corrected chi connectivity index (χ2v) is 19.5. The van der Waals surface area contributed by atoms with Crippen LogP contribution in [0.15, 0.2) is 59.0 Å². The molecule has 0 spiro atoms. The summed E-state index contributed by atoms with van der Waals surface area (Å²) in [4.78, 5) is 66.4. The average Bonchev–Trinajstić information content (AvgIpc) is 4.11. The zero-order chi connectivity index (χ0) is 45.1. The van der Waals surface area contributed by atoms with E-state index in [9.17, 15) is 45.2 Å². The molecule has 2 aliphatic carbocycles. The highest BCUT2D eigenvalue weighted by atomic mass is 32.2. The number of sulfonamides is 1. The van der Waals surface area contributed by atoms with Crippen molar-refractivity contribution in [3.63, 3.8) is 0 Å². The third kappa shape index (κ3) is 9.45. The lowest BCUT2D eigenvalue weighted by Gasteiger charge is -2.30. The standard InChI is InChI=1S/C43H46F4N6O9S/c1-41(2,3)62-40(57)48-30-10-8-6-4-5-7-9-25-21-42(25,39(56)52-63(58,59)28-16-17-28)51-36(54)31-20-27(22-53(31)38(30)55)60-37-34-33(29-19-26(44)15-18-32(29)61-34)49-35(50-37)23-11-13-24(14-12-23)43(45,46)47/h7,9,11-15,18-19,25,27-28,30-31H,4-6,8,10,16-17,20-22H2,1-3H3,(H,48,57)(H,51,54)(H,52,56)/t25-,27-,30+,31+,42-/m1/s1. The van der Waals surface area contributed by atoms with Crippen molar-refractivity contribution < 1.29 is 59.0 Å². The Kier molecular flexibility index (Phi) is 11.4. The van der Waals surface area contributed by atoms with Gasteiger partial charge in [0, 0.05) is 23.3 Å². The fraction of sp³-hybridized carbons (Fsp3) is 0.488. The number of benzene rings is 2. The number of alkyl carbamates (subject to hydrolysis) is 1. The second kappa shape index (κ2) is 16.4. The zero-order valence-electron chi connectivity index (χ0n) is 34.6. The van der Waals surface area contributed by atoms with Crippen molar-refractivity contribution in [2.75, 3.05) is 6.54 Å². The highest BCUT2D eigenvalue weighted by Crippen LogP contribution is 2.46. The van der Waals surface area contributed by atoms with E-state index in [0.29, 0.717) is 38.5 Å². The number of carbonyl (C=O) groups excluding carboxylic acids is 4. The van der Waals surface area contributed by atoms with Crippen LogP contribution in [0.25, 0.3) is 33.5 Å². The Morgan fingerprint density at radius 1 is 1.00 bits per heavy atom. The largest absolute Gasteiger partial charge is 0.470 e. The summed E-state index contributed by atoms with van der Waals surface area (Å²) in [5, 5.41) is 4.97. The zero-order valence-corrected chi connectivity index (χ0v) is 35.4. The fourth-order valence-corrected chi connectivity index (χ4v) is 9.43. The van der Waals surface area contributed by atoms with E-state index in [4.69, 9.17) is 13.9 Å². The van der Waals surface area contributed by atoms with Crippen LogP contribution in [0.3, 0.4) is 0 Å². The molecule has 4 aromatic rings. The molecule has 8 rings (SSSR count). The molecule has 20 heteroatoms. The molecule has 3 N–H and O–H groups in total. The number of allylic oxidation sites excluding steroid dienone is 1. The first-order chi connectivity index (χ1) is 29.7. The van der Waals surface area contributed by atoms with Crippen LogP contribution in [0.1, 0.15) is 84.1 Å². The Balaban J connectivity index is 1.16. The van der Waals surface area contributed by atoms with E-state index in [1.165, 1.54) is 29.2 Å². The van der Waals surface area contributed by atoms with Crippen molar-refractivity contribution in [2.24, 2.45) is 5.92 Å². The van der Waals surface area contributed by atoms with Crippen LogP contribution in [-0.4, -0.2) is 88.2 Å². The summed E-state index contributed by atoms with van der Waals surface area (Å²) in [5.41, 5.74) is -3.07. The Morgan fingerprint density at radius 2 is 1.75 bits per heavy atom. The second-order valence-electron chi connectivity index (χ2n) is 17.5. The van der Waals surface area contributed by atoms with Crippen LogP contribution in [0.2, 0.25) is 0 Å². The van der Waals surface area contributed by atoms with E-state index in [-0.39, 0.29) is 65.1 Å². The van der Waals surface area contributed by atoms with E-state index in [0.717, 1.165) is 18.2 Å². The summed E-state index contributed by atoms with van der Waals surface area (Å²) in [6.45, 7) is 4.73. The number of ether oxygens (including phenoxy) is 2. The summed E-state index contributed by atoms with van der Waals surface area (Å²) in [7, 11) is -4.00. The molecule has 0 unspecified atom stereocenters. The number of carbonyl (C=O) groups is 4. The molecule has 0 radical (unpaired) electrons. The monoisotopic (exact) mass is 898 g/mol. The van der Waals surface area contributed by atoms with Crippen molar-refractivity contribution in [2.45, 2.75) is 119 Å². The van der Waals surface area contributed by atoms with Gasteiger partial charge in [-0.3, -0.25) is 19.1 Å². The molecule has 2 saturated carbocycles. The summed E-state index contributed by atoms with van der Waals surface area (Å²) < 4.78 is 101. The minimum Gasteiger partial charge on any atom is -0.470 e. The minimum absolute atomic E-state index is 0.0453. The molecule has 336 valence electrons. The fourth-order valence-electron chi connectivity index (χ4n) is 8.06. The molecule has 2 aliphatic heterocycles. The maximum atomic E-state index is 14.7. The molecule has 4 amide bonds. The predicted molar refractivity (Wildman–Crippen MR) is 219 cm³/mol. The molecule has 15 nitrogen and oxygen atoms in total.